The summed E-state index contributed by atoms with van der Waals surface area (Å²) in [4.78, 5) is 0. The summed E-state index contributed by atoms with van der Waals surface area (Å²) in [5, 5.41) is 0. The van der Waals surface area contributed by atoms with E-state index < -0.39 is 0 Å². The molecule has 28 heavy (non-hydrogen) atoms. The van der Waals surface area contributed by atoms with Crippen LogP contribution in [0.1, 0.15) is 114 Å². The minimum atomic E-state index is 0.116. The molecule has 0 amide bonds. The average molecular weight is 387 g/mol. The van der Waals surface area contributed by atoms with Crippen LogP contribution in [0.4, 0.5) is 0 Å². The Morgan fingerprint density at radius 2 is 1.43 bits per heavy atom. The fourth-order valence-electron chi connectivity index (χ4n) is 5.03. The van der Waals surface area contributed by atoms with Crippen LogP contribution in [0.15, 0.2) is 24.3 Å². The van der Waals surface area contributed by atoms with E-state index in [1.54, 1.807) is 0 Å². The topological polar surface area (TPSA) is 18.5 Å². The van der Waals surface area contributed by atoms with Crippen LogP contribution < -0.4 is 0 Å². The third-order valence-corrected chi connectivity index (χ3v) is 6.92. The summed E-state index contributed by atoms with van der Waals surface area (Å²) in [6.45, 7) is 5.94. The van der Waals surface area contributed by atoms with E-state index in [4.69, 9.17) is 9.47 Å². The van der Waals surface area contributed by atoms with Crippen molar-refractivity contribution < 1.29 is 9.47 Å². The first-order valence-corrected chi connectivity index (χ1v) is 12.1. The Hall–Kier alpha value is -0.860. The van der Waals surface area contributed by atoms with E-state index in [1.807, 2.05) is 0 Å². The molecule has 158 valence electrons. The number of ether oxygens (including phenoxy) is 2. The Morgan fingerprint density at radius 3 is 2.07 bits per heavy atom. The van der Waals surface area contributed by atoms with Crippen LogP contribution >= 0.6 is 0 Å². The third kappa shape index (κ3) is 6.59. The zero-order valence-electron chi connectivity index (χ0n) is 18.3. The summed E-state index contributed by atoms with van der Waals surface area (Å²) in [5.74, 6) is 1.75. The van der Waals surface area contributed by atoms with E-state index in [9.17, 15) is 0 Å². The van der Waals surface area contributed by atoms with Gasteiger partial charge in [-0.25, -0.2) is 0 Å². The van der Waals surface area contributed by atoms with Gasteiger partial charge in [-0.3, -0.25) is 0 Å². The fraction of sp³-hybridized carbons (Fsp3) is 0.769. The zero-order chi connectivity index (χ0) is 19.6. The molecule has 1 aromatic rings. The summed E-state index contributed by atoms with van der Waals surface area (Å²) in [5.41, 5.74) is 2.81. The van der Waals surface area contributed by atoms with Crippen LogP contribution in [0, 0.1) is 5.92 Å². The smallest absolute Gasteiger partial charge is 0.106 e. The number of hydrogen-bond donors (Lipinski definition) is 0. The maximum absolute atomic E-state index is 6.07. The molecule has 1 saturated carbocycles. The van der Waals surface area contributed by atoms with Crippen molar-refractivity contribution in [1.82, 2.24) is 0 Å². The molecule has 1 aromatic carbocycles. The molecular weight excluding hydrogens is 344 g/mol. The van der Waals surface area contributed by atoms with Crippen molar-refractivity contribution in [2.24, 2.45) is 5.92 Å². The molecule has 0 bridgehead atoms. The molecule has 0 N–H and O–H groups in total. The van der Waals surface area contributed by atoms with Crippen molar-refractivity contribution in [1.29, 1.82) is 0 Å². The van der Waals surface area contributed by atoms with Crippen molar-refractivity contribution in [2.45, 2.75) is 109 Å². The molecule has 1 aliphatic heterocycles. The standard InChI is InChI=1S/C26H42O2/c1-3-5-6-7-8-10-21-11-13-22(14-12-21)23-15-17-24(18-16-23)26-20-27-25(9-4-2)19-28-26/h15-18,21-22,25-26H,3-14,19-20H2,1-2H3. The van der Waals surface area contributed by atoms with Gasteiger partial charge >= 0.3 is 0 Å². The lowest BCUT2D eigenvalue weighted by Gasteiger charge is -2.31. The molecule has 1 aliphatic carbocycles. The molecule has 2 nitrogen and oxygen atoms in total. The quantitative estimate of drug-likeness (QED) is 0.386. The maximum Gasteiger partial charge on any atom is 0.106 e. The fourth-order valence-corrected chi connectivity index (χ4v) is 5.03. The molecular formula is C26H42O2. The second-order valence-corrected chi connectivity index (χ2v) is 9.15. The summed E-state index contributed by atoms with van der Waals surface area (Å²) in [6, 6.07) is 9.27. The molecule has 0 spiro atoms. The van der Waals surface area contributed by atoms with Crippen LogP contribution in [0.3, 0.4) is 0 Å². The highest BCUT2D eigenvalue weighted by Gasteiger charge is 2.25. The molecule has 2 fully saturated rings. The highest BCUT2D eigenvalue weighted by molar-refractivity contribution is 5.27. The Bertz CT molecular complexity index is 522. The molecule has 3 rings (SSSR count). The number of benzene rings is 1. The third-order valence-electron chi connectivity index (χ3n) is 6.92. The van der Waals surface area contributed by atoms with Crippen molar-refractivity contribution in [3.8, 4) is 0 Å². The van der Waals surface area contributed by atoms with Gasteiger partial charge in [0.25, 0.3) is 0 Å². The summed E-state index contributed by atoms with van der Waals surface area (Å²) in [6.07, 6.45) is 16.9. The minimum absolute atomic E-state index is 0.116. The Labute approximate surface area is 173 Å². The predicted molar refractivity (Wildman–Crippen MR) is 118 cm³/mol. The van der Waals surface area contributed by atoms with Gasteiger partial charge in [0.2, 0.25) is 0 Å². The molecule has 1 heterocycles. The van der Waals surface area contributed by atoms with E-state index in [0.717, 1.165) is 31.3 Å². The first kappa shape index (κ1) is 21.8. The van der Waals surface area contributed by atoms with E-state index in [1.165, 1.54) is 75.3 Å². The Kier molecular flexibility index (Phi) is 9.34. The number of rotatable bonds is 10. The van der Waals surface area contributed by atoms with E-state index >= 15 is 0 Å². The molecule has 2 unspecified atom stereocenters. The highest BCUT2D eigenvalue weighted by atomic mass is 16.6. The van der Waals surface area contributed by atoms with Gasteiger partial charge in [0, 0.05) is 0 Å². The van der Waals surface area contributed by atoms with E-state index in [0.29, 0.717) is 12.7 Å². The Balaban J connectivity index is 1.39. The molecule has 2 atom stereocenters. The normalized spacial score (nSPS) is 28.4. The van der Waals surface area contributed by atoms with Crippen LogP contribution in [-0.4, -0.2) is 19.3 Å². The molecule has 0 radical (unpaired) electrons. The number of unbranched alkanes of at least 4 members (excludes halogenated alkanes) is 4. The van der Waals surface area contributed by atoms with E-state index in [2.05, 4.69) is 38.1 Å². The molecule has 1 saturated heterocycles. The SMILES string of the molecule is CCCCCCCC1CCC(c2ccc(C3COC(CCC)CO3)cc2)CC1. The van der Waals surface area contributed by atoms with E-state index in [-0.39, 0.29) is 6.10 Å². The summed E-state index contributed by atoms with van der Waals surface area (Å²) >= 11 is 0. The number of hydrogen-bond acceptors (Lipinski definition) is 2. The maximum atomic E-state index is 6.07. The molecule has 2 aliphatic rings. The van der Waals surface area contributed by atoms with Gasteiger partial charge in [-0.1, -0.05) is 83.1 Å². The van der Waals surface area contributed by atoms with Gasteiger partial charge in [0.05, 0.1) is 19.3 Å². The molecule has 0 aromatic heterocycles. The van der Waals surface area contributed by atoms with Crippen LogP contribution in [-0.2, 0) is 9.47 Å². The predicted octanol–water partition coefficient (Wildman–Crippen LogP) is 7.58. The lowest BCUT2D eigenvalue weighted by molar-refractivity contribution is -0.137. The Morgan fingerprint density at radius 1 is 0.714 bits per heavy atom. The average Bonchev–Trinajstić information content (AvgIpc) is 2.75. The first-order valence-electron chi connectivity index (χ1n) is 12.1. The van der Waals surface area contributed by atoms with Crippen molar-refractivity contribution in [2.75, 3.05) is 13.2 Å². The van der Waals surface area contributed by atoms with Crippen LogP contribution in [0.5, 0.6) is 0 Å². The zero-order valence-corrected chi connectivity index (χ0v) is 18.3. The van der Waals surface area contributed by atoms with Crippen molar-refractivity contribution >= 4 is 0 Å². The van der Waals surface area contributed by atoms with Gasteiger partial charge in [0.15, 0.2) is 0 Å². The second kappa shape index (κ2) is 12.0. The molecule has 2 heteroatoms. The highest BCUT2D eigenvalue weighted by Crippen LogP contribution is 2.38. The van der Waals surface area contributed by atoms with Gasteiger partial charge in [-0.2, -0.15) is 0 Å². The van der Waals surface area contributed by atoms with Crippen molar-refractivity contribution in [3.05, 3.63) is 35.4 Å². The summed E-state index contributed by atoms with van der Waals surface area (Å²) in [7, 11) is 0. The first-order chi connectivity index (χ1) is 13.8. The van der Waals surface area contributed by atoms with Crippen molar-refractivity contribution in [3.63, 3.8) is 0 Å². The lowest BCUT2D eigenvalue weighted by Crippen LogP contribution is -2.30. The minimum Gasteiger partial charge on any atom is -0.373 e. The summed E-state index contributed by atoms with van der Waals surface area (Å²) < 4.78 is 12.0. The largest absolute Gasteiger partial charge is 0.373 e. The van der Waals surface area contributed by atoms with Gasteiger partial charge in [0.1, 0.15) is 6.10 Å². The van der Waals surface area contributed by atoms with Gasteiger partial charge in [-0.15, -0.1) is 0 Å². The van der Waals surface area contributed by atoms with Gasteiger partial charge < -0.3 is 9.47 Å². The van der Waals surface area contributed by atoms with Crippen LogP contribution in [0.25, 0.3) is 0 Å². The monoisotopic (exact) mass is 386 g/mol. The van der Waals surface area contributed by atoms with Gasteiger partial charge in [-0.05, 0) is 55.1 Å². The second-order valence-electron chi connectivity index (χ2n) is 9.15. The lowest BCUT2D eigenvalue weighted by atomic mass is 9.77. The van der Waals surface area contributed by atoms with Crippen LogP contribution in [0.2, 0.25) is 0 Å².